The van der Waals surface area contributed by atoms with Gasteiger partial charge in [-0.2, -0.15) is 11.8 Å². The van der Waals surface area contributed by atoms with Crippen LogP contribution in [0.2, 0.25) is 0 Å². The standard InChI is InChI=1S/C12H21N3S2/c1-12(2,11-14-6-8-17-11)15-4-3-10-9-16-7-5-13-10/h6,8,10,13,15H,3-5,7,9H2,1-2H3. The molecule has 2 rings (SSSR count). The second-order valence-corrected chi connectivity index (χ2v) is 6.95. The van der Waals surface area contributed by atoms with Crippen LogP contribution in [0.4, 0.5) is 0 Å². The van der Waals surface area contributed by atoms with Gasteiger partial charge in [0.1, 0.15) is 5.01 Å². The van der Waals surface area contributed by atoms with Gasteiger partial charge >= 0.3 is 0 Å². The van der Waals surface area contributed by atoms with Gasteiger partial charge in [0.15, 0.2) is 0 Å². The topological polar surface area (TPSA) is 37.0 Å². The van der Waals surface area contributed by atoms with Gasteiger partial charge in [0.2, 0.25) is 0 Å². The predicted molar refractivity (Wildman–Crippen MR) is 76.9 cm³/mol. The van der Waals surface area contributed by atoms with Crippen LogP contribution in [0, 0.1) is 0 Å². The van der Waals surface area contributed by atoms with E-state index in [0.717, 1.165) is 13.1 Å². The molecule has 96 valence electrons. The first-order valence-corrected chi connectivity index (χ1v) is 8.18. The second-order valence-electron chi connectivity index (χ2n) is 4.90. The van der Waals surface area contributed by atoms with E-state index in [1.807, 2.05) is 11.6 Å². The summed E-state index contributed by atoms with van der Waals surface area (Å²) in [4.78, 5) is 4.39. The van der Waals surface area contributed by atoms with E-state index in [-0.39, 0.29) is 5.54 Å². The zero-order valence-electron chi connectivity index (χ0n) is 10.5. The highest BCUT2D eigenvalue weighted by molar-refractivity contribution is 7.99. The number of thiazole rings is 1. The van der Waals surface area contributed by atoms with E-state index >= 15 is 0 Å². The molecule has 0 saturated carbocycles. The Hall–Kier alpha value is -0.100. The van der Waals surface area contributed by atoms with E-state index in [0.29, 0.717) is 6.04 Å². The van der Waals surface area contributed by atoms with Crippen molar-refractivity contribution in [3.05, 3.63) is 16.6 Å². The summed E-state index contributed by atoms with van der Waals surface area (Å²) in [6.07, 6.45) is 3.07. The highest BCUT2D eigenvalue weighted by Crippen LogP contribution is 2.22. The average molecular weight is 271 g/mol. The summed E-state index contributed by atoms with van der Waals surface area (Å²) in [6, 6.07) is 0.674. The van der Waals surface area contributed by atoms with Crippen molar-refractivity contribution >= 4 is 23.1 Å². The quantitative estimate of drug-likeness (QED) is 0.859. The maximum Gasteiger partial charge on any atom is 0.112 e. The lowest BCUT2D eigenvalue weighted by molar-refractivity contribution is 0.381. The zero-order chi connectivity index (χ0) is 12.1. The van der Waals surface area contributed by atoms with Gasteiger partial charge < -0.3 is 10.6 Å². The summed E-state index contributed by atoms with van der Waals surface area (Å²) >= 11 is 3.78. The second kappa shape index (κ2) is 6.18. The number of nitrogens with one attached hydrogen (secondary N) is 2. The van der Waals surface area contributed by atoms with Crippen molar-refractivity contribution in [2.75, 3.05) is 24.6 Å². The molecule has 1 aromatic heterocycles. The smallest absolute Gasteiger partial charge is 0.112 e. The number of hydrogen-bond acceptors (Lipinski definition) is 5. The molecule has 0 amide bonds. The van der Waals surface area contributed by atoms with Crippen LogP contribution in [0.25, 0.3) is 0 Å². The molecule has 0 aliphatic carbocycles. The highest BCUT2D eigenvalue weighted by atomic mass is 32.2. The summed E-state index contributed by atoms with van der Waals surface area (Å²) in [5.74, 6) is 2.51. The lowest BCUT2D eigenvalue weighted by atomic mass is 10.1. The van der Waals surface area contributed by atoms with Crippen molar-refractivity contribution in [2.45, 2.75) is 31.8 Å². The molecule has 17 heavy (non-hydrogen) atoms. The summed E-state index contributed by atoms with van der Waals surface area (Å²) in [6.45, 7) is 6.61. The van der Waals surface area contributed by atoms with Crippen molar-refractivity contribution in [1.29, 1.82) is 0 Å². The molecule has 1 atom stereocenters. The molecule has 2 N–H and O–H groups in total. The number of aromatic nitrogens is 1. The molecule has 2 heterocycles. The first kappa shape index (κ1) is 13.3. The van der Waals surface area contributed by atoms with Crippen molar-refractivity contribution in [3.8, 4) is 0 Å². The van der Waals surface area contributed by atoms with Crippen LogP contribution >= 0.6 is 23.1 Å². The van der Waals surface area contributed by atoms with Crippen LogP contribution < -0.4 is 10.6 Å². The van der Waals surface area contributed by atoms with Gasteiger partial charge in [0.05, 0.1) is 5.54 Å². The first-order valence-electron chi connectivity index (χ1n) is 6.14. The fraction of sp³-hybridized carbons (Fsp3) is 0.750. The minimum absolute atomic E-state index is 0.00399. The van der Waals surface area contributed by atoms with Crippen LogP contribution in [0.5, 0.6) is 0 Å². The van der Waals surface area contributed by atoms with Crippen LogP contribution in [0.3, 0.4) is 0 Å². The van der Waals surface area contributed by atoms with Crippen LogP contribution in [0.15, 0.2) is 11.6 Å². The van der Waals surface area contributed by atoms with E-state index in [1.165, 1.54) is 22.9 Å². The van der Waals surface area contributed by atoms with Crippen molar-refractivity contribution in [1.82, 2.24) is 15.6 Å². The Morgan fingerprint density at radius 3 is 3.12 bits per heavy atom. The Balaban J connectivity index is 1.74. The summed E-state index contributed by atoms with van der Waals surface area (Å²) < 4.78 is 0. The fourth-order valence-electron chi connectivity index (χ4n) is 1.97. The zero-order valence-corrected chi connectivity index (χ0v) is 12.2. The molecule has 3 nitrogen and oxygen atoms in total. The molecule has 5 heteroatoms. The molecule has 1 saturated heterocycles. The molecule has 1 aromatic rings. The third-order valence-corrected chi connectivity index (χ3v) is 5.25. The van der Waals surface area contributed by atoms with Gasteiger partial charge in [-0.1, -0.05) is 0 Å². The highest BCUT2D eigenvalue weighted by Gasteiger charge is 2.22. The Kier molecular flexibility index (Phi) is 4.85. The Labute approximate surface area is 112 Å². The molecule has 0 radical (unpaired) electrons. The van der Waals surface area contributed by atoms with Gasteiger partial charge in [-0.3, -0.25) is 0 Å². The lowest BCUT2D eigenvalue weighted by Gasteiger charge is -2.27. The van der Waals surface area contributed by atoms with Gasteiger partial charge in [-0.15, -0.1) is 11.3 Å². The summed E-state index contributed by atoms with van der Waals surface area (Å²) in [5.41, 5.74) is -0.00399. The lowest BCUT2D eigenvalue weighted by Crippen LogP contribution is -2.43. The van der Waals surface area contributed by atoms with E-state index in [9.17, 15) is 0 Å². The van der Waals surface area contributed by atoms with Crippen molar-refractivity contribution < 1.29 is 0 Å². The van der Waals surface area contributed by atoms with E-state index in [4.69, 9.17) is 0 Å². The normalized spacial score (nSPS) is 21.6. The summed E-state index contributed by atoms with van der Waals surface area (Å²) in [7, 11) is 0. The summed E-state index contributed by atoms with van der Waals surface area (Å²) in [5, 5.41) is 10.4. The third kappa shape index (κ3) is 3.95. The minimum Gasteiger partial charge on any atom is -0.312 e. The van der Waals surface area contributed by atoms with Gasteiger partial charge in [0, 0.05) is 35.7 Å². The third-order valence-electron chi connectivity index (χ3n) is 3.03. The number of rotatable bonds is 5. The maximum absolute atomic E-state index is 4.39. The number of thioether (sulfide) groups is 1. The van der Waals surface area contributed by atoms with E-state index in [1.54, 1.807) is 11.3 Å². The molecular weight excluding hydrogens is 250 g/mol. The van der Waals surface area contributed by atoms with Crippen molar-refractivity contribution in [2.24, 2.45) is 0 Å². The molecular formula is C12H21N3S2. The Morgan fingerprint density at radius 1 is 1.59 bits per heavy atom. The minimum atomic E-state index is -0.00399. The van der Waals surface area contributed by atoms with Gasteiger partial charge in [0.25, 0.3) is 0 Å². The van der Waals surface area contributed by atoms with Crippen LogP contribution in [-0.2, 0) is 5.54 Å². The molecule has 1 fully saturated rings. The van der Waals surface area contributed by atoms with E-state index < -0.39 is 0 Å². The number of hydrogen-bond donors (Lipinski definition) is 2. The molecule has 1 aliphatic heterocycles. The maximum atomic E-state index is 4.39. The van der Waals surface area contributed by atoms with E-state index in [2.05, 4.69) is 41.2 Å². The molecule has 1 aliphatic rings. The fourth-order valence-corrected chi connectivity index (χ4v) is 3.71. The molecule has 0 bridgehead atoms. The molecule has 1 unspecified atom stereocenters. The monoisotopic (exact) mass is 271 g/mol. The Bertz CT molecular complexity index is 319. The first-order chi connectivity index (χ1) is 8.18. The van der Waals surface area contributed by atoms with Gasteiger partial charge in [-0.25, -0.2) is 4.98 Å². The Morgan fingerprint density at radius 2 is 2.47 bits per heavy atom. The van der Waals surface area contributed by atoms with Gasteiger partial charge in [-0.05, 0) is 26.8 Å². The number of nitrogens with zero attached hydrogens (tertiary/aromatic N) is 1. The van der Waals surface area contributed by atoms with Crippen LogP contribution in [-0.4, -0.2) is 35.6 Å². The van der Waals surface area contributed by atoms with Crippen LogP contribution in [0.1, 0.15) is 25.3 Å². The SMILES string of the molecule is CC(C)(NCCC1CSCCN1)c1nccs1. The molecule has 0 aromatic carbocycles. The average Bonchev–Trinajstić information content (AvgIpc) is 2.84. The largest absolute Gasteiger partial charge is 0.312 e. The van der Waals surface area contributed by atoms with Crippen molar-refractivity contribution in [3.63, 3.8) is 0 Å². The predicted octanol–water partition coefficient (Wildman–Crippen LogP) is 2.06. The molecule has 0 spiro atoms.